The molecular weight excluding hydrogens is 257 g/mol. The maximum absolute atomic E-state index is 12.2. The molecule has 1 aliphatic carbocycles. The monoisotopic (exact) mass is 280 g/mol. The smallest absolute Gasteiger partial charge is 0.340 e. The second-order valence-electron chi connectivity index (χ2n) is 5.14. The number of nitrogens with two attached hydrogens (primary N) is 1. The third-order valence-electron chi connectivity index (χ3n) is 3.56. The van der Waals surface area contributed by atoms with Crippen molar-refractivity contribution in [2.24, 2.45) is 5.73 Å². The Bertz CT molecular complexity index is 276. The molecule has 0 radical (unpaired) electrons. The van der Waals surface area contributed by atoms with Gasteiger partial charge >= 0.3 is 6.18 Å². The molecule has 0 aliphatic heterocycles. The topological polar surface area (TPSA) is 46.3 Å². The van der Waals surface area contributed by atoms with Crippen molar-refractivity contribution in [3.05, 3.63) is 0 Å². The Labute approximate surface area is 112 Å². The normalized spacial score (nSPS) is 17.5. The first-order valence-electron chi connectivity index (χ1n) is 7.00. The van der Waals surface area contributed by atoms with Crippen molar-refractivity contribution in [3.8, 4) is 0 Å². The van der Waals surface area contributed by atoms with Crippen LogP contribution in [0.1, 0.15) is 51.4 Å². The summed E-state index contributed by atoms with van der Waals surface area (Å²) >= 11 is 0. The van der Waals surface area contributed by atoms with Crippen molar-refractivity contribution in [2.45, 2.75) is 63.6 Å². The molecule has 2 N–H and O–H groups in total. The van der Waals surface area contributed by atoms with Crippen LogP contribution in [0.4, 0.5) is 13.2 Å². The van der Waals surface area contributed by atoms with Gasteiger partial charge in [-0.3, -0.25) is 4.79 Å². The number of hydrogen-bond acceptors (Lipinski definition) is 2. The minimum absolute atomic E-state index is 0.112. The SMILES string of the molecule is NCCCN(C(=O)CCC(F)(F)F)C1CCCCC1. The molecule has 1 rings (SSSR count). The molecule has 0 aromatic rings. The van der Waals surface area contributed by atoms with E-state index in [1.165, 1.54) is 0 Å². The minimum Gasteiger partial charge on any atom is -0.340 e. The summed E-state index contributed by atoms with van der Waals surface area (Å²) in [5.74, 6) is -0.377. The maximum atomic E-state index is 12.2. The number of carbonyl (C=O) groups is 1. The van der Waals surface area contributed by atoms with Crippen molar-refractivity contribution < 1.29 is 18.0 Å². The van der Waals surface area contributed by atoms with E-state index in [2.05, 4.69) is 0 Å². The Balaban J connectivity index is 2.53. The number of nitrogens with zero attached hydrogens (tertiary/aromatic N) is 1. The van der Waals surface area contributed by atoms with Gasteiger partial charge in [-0.15, -0.1) is 0 Å². The van der Waals surface area contributed by atoms with Gasteiger partial charge < -0.3 is 10.6 Å². The van der Waals surface area contributed by atoms with E-state index in [0.717, 1.165) is 32.1 Å². The molecule has 0 saturated heterocycles. The molecule has 0 atom stereocenters. The molecule has 0 spiro atoms. The Morgan fingerprint density at radius 1 is 1.21 bits per heavy atom. The van der Waals surface area contributed by atoms with Crippen LogP contribution in [0.3, 0.4) is 0 Å². The highest BCUT2D eigenvalue weighted by Crippen LogP contribution is 2.26. The first kappa shape index (κ1) is 16.3. The van der Waals surface area contributed by atoms with Crippen LogP contribution in [0.15, 0.2) is 0 Å². The van der Waals surface area contributed by atoms with Crippen LogP contribution in [-0.2, 0) is 4.79 Å². The van der Waals surface area contributed by atoms with E-state index in [9.17, 15) is 18.0 Å². The van der Waals surface area contributed by atoms with Crippen molar-refractivity contribution in [2.75, 3.05) is 13.1 Å². The van der Waals surface area contributed by atoms with E-state index < -0.39 is 19.0 Å². The van der Waals surface area contributed by atoms with E-state index in [1.807, 2.05) is 0 Å². The highest BCUT2D eigenvalue weighted by molar-refractivity contribution is 5.76. The molecule has 1 aliphatic rings. The van der Waals surface area contributed by atoms with Gasteiger partial charge in [0.15, 0.2) is 0 Å². The molecule has 6 heteroatoms. The van der Waals surface area contributed by atoms with Crippen molar-refractivity contribution >= 4 is 5.91 Å². The third kappa shape index (κ3) is 6.27. The Morgan fingerprint density at radius 3 is 2.37 bits per heavy atom. The Morgan fingerprint density at radius 2 is 1.84 bits per heavy atom. The number of rotatable bonds is 6. The lowest BCUT2D eigenvalue weighted by Gasteiger charge is -2.34. The fourth-order valence-corrected chi connectivity index (χ4v) is 2.56. The summed E-state index contributed by atoms with van der Waals surface area (Å²) in [6.07, 6.45) is -0.0203. The van der Waals surface area contributed by atoms with Gasteiger partial charge in [-0.25, -0.2) is 0 Å². The van der Waals surface area contributed by atoms with Crippen LogP contribution in [0.25, 0.3) is 0 Å². The molecule has 112 valence electrons. The van der Waals surface area contributed by atoms with Crippen LogP contribution >= 0.6 is 0 Å². The summed E-state index contributed by atoms with van der Waals surface area (Å²) in [6.45, 7) is 0.938. The lowest BCUT2D eigenvalue weighted by Crippen LogP contribution is -2.42. The van der Waals surface area contributed by atoms with Gasteiger partial charge in [0.05, 0.1) is 6.42 Å². The van der Waals surface area contributed by atoms with E-state index in [-0.39, 0.29) is 11.9 Å². The lowest BCUT2D eigenvalue weighted by molar-refractivity contribution is -0.150. The summed E-state index contributed by atoms with van der Waals surface area (Å²) < 4.78 is 36.5. The molecule has 0 aromatic carbocycles. The molecule has 1 fully saturated rings. The zero-order chi connectivity index (χ0) is 14.3. The molecule has 0 heterocycles. The van der Waals surface area contributed by atoms with Crippen molar-refractivity contribution in [3.63, 3.8) is 0 Å². The van der Waals surface area contributed by atoms with E-state index in [1.54, 1.807) is 4.90 Å². The van der Waals surface area contributed by atoms with Crippen LogP contribution in [0, 0.1) is 0 Å². The second-order valence-corrected chi connectivity index (χ2v) is 5.14. The summed E-state index contributed by atoms with van der Waals surface area (Å²) in [6, 6.07) is 0.112. The molecule has 0 bridgehead atoms. The average Bonchev–Trinajstić information content (AvgIpc) is 2.37. The van der Waals surface area contributed by atoms with E-state index in [0.29, 0.717) is 19.5 Å². The highest BCUT2D eigenvalue weighted by atomic mass is 19.4. The van der Waals surface area contributed by atoms with Gasteiger partial charge in [0.25, 0.3) is 0 Å². The van der Waals surface area contributed by atoms with Gasteiger partial charge in [-0.1, -0.05) is 19.3 Å². The summed E-state index contributed by atoms with van der Waals surface area (Å²) in [5.41, 5.74) is 5.43. The van der Waals surface area contributed by atoms with Crippen molar-refractivity contribution in [1.29, 1.82) is 0 Å². The standard InChI is InChI=1S/C13H23F3N2O/c14-13(15,16)8-7-12(19)18(10-4-9-17)11-5-2-1-3-6-11/h11H,1-10,17H2. The fourth-order valence-electron chi connectivity index (χ4n) is 2.56. The summed E-state index contributed by atoms with van der Waals surface area (Å²) in [7, 11) is 0. The summed E-state index contributed by atoms with van der Waals surface area (Å²) in [4.78, 5) is 13.6. The van der Waals surface area contributed by atoms with Gasteiger partial charge in [0, 0.05) is 19.0 Å². The molecule has 0 unspecified atom stereocenters. The zero-order valence-corrected chi connectivity index (χ0v) is 11.2. The quantitative estimate of drug-likeness (QED) is 0.813. The number of hydrogen-bond donors (Lipinski definition) is 1. The molecular formula is C13H23F3N2O. The molecule has 1 amide bonds. The first-order valence-corrected chi connectivity index (χ1v) is 7.00. The van der Waals surface area contributed by atoms with Gasteiger partial charge in [-0.05, 0) is 25.8 Å². The maximum Gasteiger partial charge on any atom is 0.389 e. The highest BCUT2D eigenvalue weighted by Gasteiger charge is 2.31. The van der Waals surface area contributed by atoms with Crippen LogP contribution in [0.2, 0.25) is 0 Å². The van der Waals surface area contributed by atoms with Gasteiger partial charge in [0.1, 0.15) is 0 Å². The Hall–Kier alpha value is -0.780. The van der Waals surface area contributed by atoms with E-state index in [4.69, 9.17) is 5.73 Å². The fraction of sp³-hybridized carbons (Fsp3) is 0.923. The Kier molecular flexibility index (Phi) is 6.62. The van der Waals surface area contributed by atoms with Gasteiger partial charge in [-0.2, -0.15) is 13.2 Å². The average molecular weight is 280 g/mol. The first-order chi connectivity index (χ1) is 8.94. The minimum atomic E-state index is -4.26. The summed E-state index contributed by atoms with van der Waals surface area (Å²) in [5, 5.41) is 0. The van der Waals surface area contributed by atoms with Crippen LogP contribution in [-0.4, -0.2) is 36.1 Å². The second kappa shape index (κ2) is 7.72. The predicted molar refractivity (Wildman–Crippen MR) is 67.5 cm³/mol. The molecule has 0 aromatic heterocycles. The van der Waals surface area contributed by atoms with Crippen molar-refractivity contribution in [1.82, 2.24) is 4.90 Å². The number of halogens is 3. The number of carbonyl (C=O) groups excluding carboxylic acids is 1. The molecule has 3 nitrogen and oxygen atoms in total. The predicted octanol–water partition coefficient (Wildman–Crippen LogP) is 2.84. The van der Waals surface area contributed by atoms with Crippen LogP contribution < -0.4 is 5.73 Å². The zero-order valence-electron chi connectivity index (χ0n) is 11.2. The number of alkyl halides is 3. The van der Waals surface area contributed by atoms with E-state index >= 15 is 0 Å². The third-order valence-corrected chi connectivity index (χ3v) is 3.56. The lowest BCUT2D eigenvalue weighted by atomic mass is 9.93. The molecule has 19 heavy (non-hydrogen) atoms. The molecule has 1 saturated carbocycles. The largest absolute Gasteiger partial charge is 0.389 e. The van der Waals surface area contributed by atoms with Crippen LogP contribution in [0.5, 0.6) is 0 Å². The number of amides is 1. The van der Waals surface area contributed by atoms with Gasteiger partial charge in [0.2, 0.25) is 5.91 Å².